The summed E-state index contributed by atoms with van der Waals surface area (Å²) < 4.78 is 26.5. The number of hydrogen-bond acceptors (Lipinski definition) is 2. The molecule has 0 aliphatic heterocycles. The van der Waals surface area contributed by atoms with E-state index >= 15 is 0 Å². The Bertz CT molecular complexity index is 481. The highest BCUT2D eigenvalue weighted by Crippen LogP contribution is 2.41. The second kappa shape index (κ2) is 3.47. The Morgan fingerprint density at radius 1 is 1.36 bits per heavy atom. The maximum Gasteiger partial charge on any atom is 0.266 e. The summed E-state index contributed by atoms with van der Waals surface area (Å²) >= 11 is 4.41. The van der Waals surface area contributed by atoms with Gasteiger partial charge in [0.15, 0.2) is 0 Å². The van der Waals surface area contributed by atoms with E-state index < -0.39 is 6.43 Å². The van der Waals surface area contributed by atoms with Crippen molar-refractivity contribution in [3.8, 4) is 0 Å². The van der Waals surface area contributed by atoms with Crippen LogP contribution >= 0.6 is 27.3 Å². The van der Waals surface area contributed by atoms with Crippen LogP contribution in [0.5, 0.6) is 0 Å². The highest BCUT2D eigenvalue weighted by Gasteiger charge is 2.18. The molecule has 0 aliphatic rings. The summed E-state index contributed by atoms with van der Waals surface area (Å²) in [5, 5.41) is 0.575. The molecule has 0 unspecified atom stereocenters. The van der Waals surface area contributed by atoms with Gasteiger partial charge >= 0.3 is 0 Å². The molecule has 0 amide bonds. The molecule has 2 N–H and O–H groups in total. The number of nitrogen functional groups attached to an aromatic ring is 1. The maximum absolute atomic E-state index is 12.6. The molecule has 5 heteroatoms. The molecular weight excluding hydrogens is 272 g/mol. The Kier molecular flexibility index (Phi) is 2.45. The van der Waals surface area contributed by atoms with Gasteiger partial charge in [0.05, 0.1) is 9.35 Å². The topological polar surface area (TPSA) is 26.0 Å². The molecule has 0 saturated carbocycles. The van der Waals surface area contributed by atoms with E-state index in [2.05, 4.69) is 15.9 Å². The molecule has 14 heavy (non-hydrogen) atoms. The fraction of sp³-hybridized carbons (Fsp3) is 0.111. The average molecular weight is 278 g/mol. The molecule has 0 spiro atoms. The minimum Gasteiger partial charge on any atom is -0.399 e. The second-order valence-electron chi connectivity index (χ2n) is 2.85. The maximum atomic E-state index is 12.6. The Hall–Kier alpha value is -0.680. The number of halogens is 3. The van der Waals surface area contributed by atoms with E-state index in [1.54, 1.807) is 18.2 Å². The fourth-order valence-electron chi connectivity index (χ4n) is 1.31. The molecule has 1 aromatic carbocycles. The molecular formula is C9H6BrF2NS. The van der Waals surface area contributed by atoms with Gasteiger partial charge in [0.2, 0.25) is 0 Å². The summed E-state index contributed by atoms with van der Waals surface area (Å²) in [7, 11) is 0. The van der Waals surface area contributed by atoms with Crippen LogP contribution < -0.4 is 5.73 Å². The van der Waals surface area contributed by atoms with Gasteiger partial charge < -0.3 is 5.73 Å². The first-order valence-corrected chi connectivity index (χ1v) is 5.46. The van der Waals surface area contributed by atoms with E-state index in [4.69, 9.17) is 5.73 Å². The number of hydrogen-bond donors (Lipinski definition) is 1. The number of anilines is 1. The molecule has 2 aromatic rings. The Morgan fingerprint density at radius 3 is 2.71 bits per heavy atom. The van der Waals surface area contributed by atoms with E-state index in [1.165, 1.54) is 11.3 Å². The summed E-state index contributed by atoms with van der Waals surface area (Å²) in [5.41, 5.74) is 6.21. The lowest BCUT2D eigenvalue weighted by atomic mass is 10.2. The normalized spacial score (nSPS) is 11.4. The quantitative estimate of drug-likeness (QED) is 0.778. The van der Waals surface area contributed by atoms with Crippen molar-refractivity contribution in [3.63, 3.8) is 0 Å². The lowest BCUT2D eigenvalue weighted by Crippen LogP contribution is -1.84. The van der Waals surface area contributed by atoms with Crippen LogP contribution in [0, 0.1) is 0 Å². The van der Waals surface area contributed by atoms with E-state index in [9.17, 15) is 8.78 Å². The minimum absolute atomic E-state index is 0.0602. The van der Waals surface area contributed by atoms with Crippen LogP contribution in [0.1, 0.15) is 12.0 Å². The smallest absolute Gasteiger partial charge is 0.266 e. The number of benzene rings is 1. The van der Waals surface area contributed by atoms with Gasteiger partial charge in [0.1, 0.15) is 0 Å². The largest absolute Gasteiger partial charge is 0.399 e. The molecule has 0 atom stereocenters. The van der Waals surface area contributed by atoms with Crippen molar-refractivity contribution in [2.24, 2.45) is 0 Å². The first kappa shape index (κ1) is 9.86. The van der Waals surface area contributed by atoms with Gasteiger partial charge in [-0.3, -0.25) is 0 Å². The number of alkyl halides is 2. The van der Waals surface area contributed by atoms with Crippen molar-refractivity contribution in [3.05, 3.63) is 27.5 Å². The average Bonchev–Trinajstić information content (AvgIpc) is 2.39. The molecule has 2 rings (SSSR count). The molecule has 74 valence electrons. The highest BCUT2D eigenvalue weighted by atomic mass is 79.9. The first-order chi connectivity index (χ1) is 6.59. The van der Waals surface area contributed by atoms with Crippen molar-refractivity contribution in [1.29, 1.82) is 0 Å². The van der Waals surface area contributed by atoms with Crippen molar-refractivity contribution in [1.82, 2.24) is 0 Å². The second-order valence-corrected chi connectivity index (χ2v) is 5.22. The third-order valence-corrected chi connectivity index (χ3v) is 3.79. The number of rotatable bonds is 1. The number of fused-ring (bicyclic) bond motifs is 1. The van der Waals surface area contributed by atoms with Crippen LogP contribution in [0.25, 0.3) is 10.1 Å². The third-order valence-electron chi connectivity index (χ3n) is 1.93. The third kappa shape index (κ3) is 1.50. The zero-order chi connectivity index (χ0) is 10.3. The molecule has 0 radical (unpaired) electrons. The molecule has 0 saturated heterocycles. The standard InChI is InChI=1S/C9H6BrF2NS/c10-8-7(9(11)12)5-2-1-4(13)3-6(5)14-8/h1-3,9H,13H2. The van der Waals surface area contributed by atoms with Gasteiger partial charge in [-0.15, -0.1) is 11.3 Å². The van der Waals surface area contributed by atoms with Crippen molar-refractivity contribution >= 4 is 43.0 Å². The summed E-state index contributed by atoms with van der Waals surface area (Å²) in [6.07, 6.45) is -2.46. The molecule has 0 aliphatic carbocycles. The molecule has 1 nitrogen and oxygen atoms in total. The van der Waals surface area contributed by atoms with Crippen molar-refractivity contribution in [2.45, 2.75) is 6.43 Å². The lowest BCUT2D eigenvalue weighted by molar-refractivity contribution is 0.153. The highest BCUT2D eigenvalue weighted by molar-refractivity contribution is 9.11. The zero-order valence-electron chi connectivity index (χ0n) is 6.93. The van der Waals surface area contributed by atoms with Crippen molar-refractivity contribution in [2.75, 3.05) is 5.73 Å². The molecule has 0 bridgehead atoms. The minimum atomic E-state index is -2.46. The van der Waals surface area contributed by atoms with Crippen LogP contribution in [0.15, 0.2) is 22.0 Å². The van der Waals surface area contributed by atoms with Gasteiger partial charge in [-0.1, -0.05) is 6.07 Å². The Morgan fingerprint density at radius 2 is 2.07 bits per heavy atom. The van der Waals surface area contributed by atoms with Gasteiger partial charge in [-0.05, 0) is 28.1 Å². The predicted octanol–water partition coefficient (Wildman–Crippen LogP) is 4.18. The fourth-order valence-corrected chi connectivity index (χ4v) is 3.20. The lowest BCUT2D eigenvalue weighted by Gasteiger charge is -1.98. The molecule has 1 heterocycles. The van der Waals surface area contributed by atoms with E-state index in [1.807, 2.05) is 0 Å². The van der Waals surface area contributed by atoms with E-state index in [0.29, 0.717) is 14.9 Å². The summed E-state index contributed by atoms with van der Waals surface area (Å²) in [6, 6.07) is 4.97. The SMILES string of the molecule is Nc1ccc2c(C(F)F)c(Br)sc2c1. The van der Waals surface area contributed by atoms with E-state index in [0.717, 1.165) is 4.70 Å². The Balaban J connectivity index is 2.77. The zero-order valence-corrected chi connectivity index (χ0v) is 9.33. The molecule has 1 aromatic heterocycles. The van der Waals surface area contributed by atoms with Crippen LogP contribution in [0.4, 0.5) is 14.5 Å². The van der Waals surface area contributed by atoms with Gasteiger partial charge in [-0.2, -0.15) is 0 Å². The predicted molar refractivity (Wildman–Crippen MR) is 58.9 cm³/mol. The van der Waals surface area contributed by atoms with E-state index in [-0.39, 0.29) is 5.56 Å². The number of thiophene rings is 1. The Labute approximate surface area is 91.7 Å². The monoisotopic (exact) mass is 277 g/mol. The van der Waals surface area contributed by atoms with Crippen LogP contribution in [0.2, 0.25) is 0 Å². The first-order valence-electron chi connectivity index (χ1n) is 3.85. The van der Waals surface area contributed by atoms with Crippen LogP contribution in [-0.4, -0.2) is 0 Å². The molecule has 0 fully saturated rings. The van der Waals surface area contributed by atoms with Crippen molar-refractivity contribution < 1.29 is 8.78 Å². The summed E-state index contributed by atoms with van der Waals surface area (Å²) in [5.74, 6) is 0. The van der Waals surface area contributed by atoms with Gasteiger partial charge in [0, 0.05) is 15.8 Å². The van der Waals surface area contributed by atoms with Gasteiger partial charge in [0.25, 0.3) is 6.43 Å². The number of nitrogens with two attached hydrogens (primary N) is 1. The van der Waals surface area contributed by atoms with Gasteiger partial charge in [-0.25, -0.2) is 8.78 Å². The summed E-state index contributed by atoms with van der Waals surface area (Å²) in [6.45, 7) is 0. The summed E-state index contributed by atoms with van der Waals surface area (Å²) in [4.78, 5) is 0. The van der Waals surface area contributed by atoms with Crippen LogP contribution in [-0.2, 0) is 0 Å². The van der Waals surface area contributed by atoms with Crippen LogP contribution in [0.3, 0.4) is 0 Å².